The summed E-state index contributed by atoms with van der Waals surface area (Å²) in [7, 11) is 0. The van der Waals surface area contributed by atoms with Crippen LogP contribution in [-0.4, -0.2) is 28.0 Å². The number of ether oxygens (including phenoxy) is 1. The highest BCUT2D eigenvalue weighted by Gasteiger charge is 2.18. The molecule has 1 aromatic rings. The van der Waals surface area contributed by atoms with Crippen LogP contribution in [0.25, 0.3) is 0 Å². The summed E-state index contributed by atoms with van der Waals surface area (Å²) in [5, 5.41) is 3.27. The Labute approximate surface area is 101 Å². The van der Waals surface area contributed by atoms with Gasteiger partial charge in [0.1, 0.15) is 12.1 Å². The van der Waals surface area contributed by atoms with Crippen molar-refractivity contribution in [1.29, 1.82) is 0 Å². The van der Waals surface area contributed by atoms with E-state index < -0.39 is 0 Å². The van der Waals surface area contributed by atoms with Crippen LogP contribution in [0.15, 0.2) is 6.33 Å². The molecule has 0 aromatic carbocycles. The Morgan fingerprint density at radius 1 is 1.44 bits per heavy atom. The van der Waals surface area contributed by atoms with Gasteiger partial charge in [-0.3, -0.25) is 0 Å². The lowest BCUT2D eigenvalue weighted by Crippen LogP contribution is -2.33. The lowest BCUT2D eigenvalue weighted by atomic mass is 10.1. The molecule has 0 atom stereocenters. The van der Waals surface area contributed by atoms with E-state index in [0.29, 0.717) is 18.4 Å². The van der Waals surface area contributed by atoms with Gasteiger partial charge in [0.05, 0.1) is 12.2 Å². The van der Waals surface area contributed by atoms with Gasteiger partial charge < -0.3 is 10.1 Å². The van der Waals surface area contributed by atoms with Gasteiger partial charge in [-0.25, -0.2) is 9.97 Å². The third-order valence-corrected chi connectivity index (χ3v) is 2.78. The van der Waals surface area contributed by atoms with Crippen LogP contribution in [0.2, 0.25) is 0 Å². The van der Waals surface area contributed by atoms with Gasteiger partial charge in [-0.05, 0) is 27.7 Å². The third kappa shape index (κ3) is 3.23. The molecule has 0 saturated heterocycles. The van der Waals surface area contributed by atoms with Crippen LogP contribution in [0.1, 0.15) is 26.3 Å². The number of nitrogens with one attached hydrogen (secondary N) is 1. The van der Waals surface area contributed by atoms with Crippen molar-refractivity contribution in [3.8, 4) is 5.88 Å². The molecule has 0 amide bonds. The van der Waals surface area contributed by atoms with Gasteiger partial charge in [0, 0.05) is 11.4 Å². The maximum Gasteiger partial charge on any atom is 0.221 e. The molecule has 0 aliphatic carbocycles. The molecule has 16 heavy (non-hydrogen) atoms. The van der Waals surface area contributed by atoms with Gasteiger partial charge in [-0.2, -0.15) is 0 Å². The standard InChI is InChI=1S/C11H18ClN3O/c1-5-16-10-8(2)9(13-7-14-10)15-11(3,4)6-12/h7H,5-6H2,1-4H3,(H,13,14,15). The Bertz CT molecular complexity index is 355. The zero-order chi connectivity index (χ0) is 12.2. The molecule has 5 heteroatoms. The van der Waals surface area contributed by atoms with E-state index in [0.717, 1.165) is 11.4 Å². The van der Waals surface area contributed by atoms with E-state index in [1.54, 1.807) is 0 Å². The fourth-order valence-electron chi connectivity index (χ4n) is 1.20. The lowest BCUT2D eigenvalue weighted by Gasteiger charge is -2.25. The summed E-state index contributed by atoms with van der Waals surface area (Å²) in [6.45, 7) is 8.48. The monoisotopic (exact) mass is 243 g/mol. The first kappa shape index (κ1) is 13.0. The van der Waals surface area contributed by atoms with Crippen LogP contribution >= 0.6 is 11.6 Å². The maximum atomic E-state index is 5.86. The largest absolute Gasteiger partial charge is 0.478 e. The Morgan fingerprint density at radius 3 is 2.69 bits per heavy atom. The second-order valence-electron chi connectivity index (χ2n) is 4.23. The molecule has 0 bridgehead atoms. The van der Waals surface area contributed by atoms with Gasteiger partial charge in [0.2, 0.25) is 5.88 Å². The minimum atomic E-state index is -0.204. The highest BCUT2D eigenvalue weighted by Crippen LogP contribution is 2.23. The second-order valence-corrected chi connectivity index (χ2v) is 4.50. The smallest absolute Gasteiger partial charge is 0.221 e. The highest BCUT2D eigenvalue weighted by atomic mass is 35.5. The van der Waals surface area contributed by atoms with E-state index in [1.807, 2.05) is 27.7 Å². The summed E-state index contributed by atoms with van der Waals surface area (Å²) < 4.78 is 5.40. The lowest BCUT2D eigenvalue weighted by molar-refractivity contribution is 0.323. The van der Waals surface area contributed by atoms with Gasteiger partial charge >= 0.3 is 0 Å². The number of hydrogen-bond acceptors (Lipinski definition) is 4. The normalized spacial score (nSPS) is 11.3. The van der Waals surface area contributed by atoms with E-state index in [2.05, 4.69) is 15.3 Å². The van der Waals surface area contributed by atoms with Crippen molar-refractivity contribution < 1.29 is 4.74 Å². The summed E-state index contributed by atoms with van der Waals surface area (Å²) >= 11 is 5.86. The molecule has 0 aliphatic rings. The Morgan fingerprint density at radius 2 is 2.12 bits per heavy atom. The summed E-state index contributed by atoms with van der Waals surface area (Å²) in [6.07, 6.45) is 1.49. The second kappa shape index (κ2) is 5.34. The van der Waals surface area contributed by atoms with E-state index in [9.17, 15) is 0 Å². The quantitative estimate of drug-likeness (QED) is 0.808. The number of anilines is 1. The SMILES string of the molecule is CCOc1ncnc(NC(C)(C)CCl)c1C. The van der Waals surface area contributed by atoms with E-state index >= 15 is 0 Å². The fraction of sp³-hybridized carbons (Fsp3) is 0.636. The van der Waals surface area contributed by atoms with Crippen LogP contribution in [0, 0.1) is 6.92 Å². The van der Waals surface area contributed by atoms with Crippen molar-refractivity contribution in [3.63, 3.8) is 0 Å². The summed E-state index contributed by atoms with van der Waals surface area (Å²) in [6, 6.07) is 0. The minimum absolute atomic E-state index is 0.204. The van der Waals surface area contributed by atoms with Crippen LogP contribution in [0.4, 0.5) is 5.82 Å². The number of halogens is 1. The molecule has 0 aliphatic heterocycles. The molecule has 1 N–H and O–H groups in total. The number of alkyl halides is 1. The van der Waals surface area contributed by atoms with Crippen molar-refractivity contribution in [2.24, 2.45) is 0 Å². The molecule has 1 heterocycles. The topological polar surface area (TPSA) is 47.0 Å². The Kier molecular flexibility index (Phi) is 4.35. The predicted molar refractivity (Wildman–Crippen MR) is 66.4 cm³/mol. The minimum Gasteiger partial charge on any atom is -0.478 e. The van der Waals surface area contributed by atoms with Gasteiger partial charge in [0.25, 0.3) is 0 Å². The van der Waals surface area contributed by atoms with Crippen molar-refractivity contribution in [3.05, 3.63) is 11.9 Å². The zero-order valence-corrected chi connectivity index (χ0v) is 10.9. The average Bonchev–Trinajstić information content (AvgIpc) is 2.24. The average molecular weight is 244 g/mol. The van der Waals surface area contributed by atoms with Gasteiger partial charge in [-0.1, -0.05) is 0 Å². The molecule has 0 radical (unpaired) electrons. The molecule has 0 unspecified atom stereocenters. The molecule has 0 saturated carbocycles. The number of rotatable bonds is 5. The van der Waals surface area contributed by atoms with Crippen molar-refractivity contribution in [2.45, 2.75) is 33.2 Å². The fourth-order valence-corrected chi connectivity index (χ4v) is 1.26. The number of hydrogen-bond donors (Lipinski definition) is 1. The Balaban J connectivity index is 2.93. The number of nitrogens with zero attached hydrogens (tertiary/aromatic N) is 2. The van der Waals surface area contributed by atoms with Crippen molar-refractivity contribution in [1.82, 2.24) is 9.97 Å². The van der Waals surface area contributed by atoms with Crippen LogP contribution < -0.4 is 10.1 Å². The predicted octanol–water partition coefficient (Wildman–Crippen LogP) is 2.61. The Hall–Kier alpha value is -1.03. The van der Waals surface area contributed by atoms with E-state index in [4.69, 9.17) is 16.3 Å². The molecular formula is C11H18ClN3O. The maximum absolute atomic E-state index is 5.86. The van der Waals surface area contributed by atoms with Crippen LogP contribution in [0.5, 0.6) is 5.88 Å². The highest BCUT2D eigenvalue weighted by molar-refractivity contribution is 6.18. The van der Waals surface area contributed by atoms with E-state index in [1.165, 1.54) is 6.33 Å². The third-order valence-electron chi connectivity index (χ3n) is 2.11. The first-order valence-electron chi connectivity index (χ1n) is 5.28. The molecule has 1 rings (SSSR count). The summed E-state index contributed by atoms with van der Waals surface area (Å²) in [5.41, 5.74) is 0.701. The molecule has 0 spiro atoms. The first-order valence-corrected chi connectivity index (χ1v) is 5.82. The van der Waals surface area contributed by atoms with Gasteiger partial charge in [-0.15, -0.1) is 11.6 Å². The van der Waals surface area contributed by atoms with Crippen LogP contribution in [-0.2, 0) is 0 Å². The summed E-state index contributed by atoms with van der Waals surface area (Å²) in [4.78, 5) is 8.27. The van der Waals surface area contributed by atoms with E-state index in [-0.39, 0.29) is 5.54 Å². The molecule has 90 valence electrons. The molecule has 0 fully saturated rings. The van der Waals surface area contributed by atoms with Crippen molar-refractivity contribution >= 4 is 17.4 Å². The molecule has 1 aromatic heterocycles. The first-order chi connectivity index (χ1) is 7.50. The molecule has 4 nitrogen and oxygen atoms in total. The zero-order valence-electron chi connectivity index (χ0n) is 10.2. The molecular weight excluding hydrogens is 226 g/mol. The summed E-state index contributed by atoms with van der Waals surface area (Å²) in [5.74, 6) is 1.88. The number of aromatic nitrogens is 2. The van der Waals surface area contributed by atoms with Crippen molar-refractivity contribution in [2.75, 3.05) is 17.8 Å². The van der Waals surface area contributed by atoms with Crippen LogP contribution in [0.3, 0.4) is 0 Å². The van der Waals surface area contributed by atoms with Gasteiger partial charge in [0.15, 0.2) is 0 Å².